The fraction of sp³-hybridized carbons (Fsp3) is 0.235. The summed E-state index contributed by atoms with van der Waals surface area (Å²) in [5.41, 5.74) is 1.61. The van der Waals surface area contributed by atoms with E-state index < -0.39 is 27.8 Å². The van der Waals surface area contributed by atoms with E-state index in [1.807, 2.05) is 11.6 Å². The van der Waals surface area contributed by atoms with Crippen molar-refractivity contribution in [2.45, 2.75) is 31.8 Å². The molecule has 0 atom stereocenters. The molecule has 0 aliphatic rings. The predicted molar refractivity (Wildman–Crippen MR) is 91.4 cm³/mol. The van der Waals surface area contributed by atoms with Gasteiger partial charge in [0, 0.05) is 5.69 Å². The molecule has 2 N–H and O–H groups in total. The highest BCUT2D eigenvalue weighted by molar-refractivity contribution is 7.90. The summed E-state index contributed by atoms with van der Waals surface area (Å²) in [6.45, 7) is 5.36. The average molecular weight is 386 g/mol. The Balaban J connectivity index is 2.14. The Hall–Kier alpha value is -2.55. The fourth-order valence-corrected chi connectivity index (χ4v) is 3.31. The third-order valence-corrected chi connectivity index (χ3v) is 5.22. The average Bonchev–Trinajstić information content (AvgIpc) is 2.51. The highest BCUT2D eigenvalue weighted by Crippen LogP contribution is 2.29. The van der Waals surface area contributed by atoms with Crippen molar-refractivity contribution in [2.75, 3.05) is 5.32 Å². The molecule has 2 rings (SSSR count). The van der Waals surface area contributed by atoms with Crippen LogP contribution in [0, 0.1) is 20.8 Å². The van der Waals surface area contributed by atoms with Crippen molar-refractivity contribution < 1.29 is 26.4 Å². The number of urea groups is 1. The van der Waals surface area contributed by atoms with Gasteiger partial charge in [-0.05, 0) is 73.9 Å². The second-order valence-electron chi connectivity index (χ2n) is 5.82. The van der Waals surface area contributed by atoms with E-state index in [0.29, 0.717) is 0 Å². The van der Waals surface area contributed by atoms with Crippen LogP contribution in [-0.2, 0) is 16.2 Å². The van der Waals surface area contributed by atoms with Gasteiger partial charge in [0.1, 0.15) is 0 Å². The van der Waals surface area contributed by atoms with Gasteiger partial charge < -0.3 is 5.32 Å². The molecule has 0 aliphatic heterocycles. The summed E-state index contributed by atoms with van der Waals surface area (Å²) in [6, 6.07) is 5.46. The quantitative estimate of drug-likeness (QED) is 0.832. The van der Waals surface area contributed by atoms with Gasteiger partial charge in [0.05, 0.1) is 10.5 Å². The number of nitrogens with one attached hydrogen (secondary N) is 2. The molecule has 0 fully saturated rings. The molecule has 0 spiro atoms. The van der Waals surface area contributed by atoms with Crippen molar-refractivity contribution in [3.8, 4) is 0 Å². The first-order valence-electron chi connectivity index (χ1n) is 7.49. The van der Waals surface area contributed by atoms with Gasteiger partial charge in [0.2, 0.25) is 0 Å². The smallest absolute Gasteiger partial charge is 0.307 e. The Morgan fingerprint density at radius 2 is 1.46 bits per heavy atom. The molecule has 0 unspecified atom stereocenters. The summed E-state index contributed by atoms with van der Waals surface area (Å²) in [6.07, 6.45) is -4.49. The van der Waals surface area contributed by atoms with Crippen LogP contribution >= 0.6 is 0 Å². The lowest BCUT2D eigenvalue weighted by Crippen LogP contribution is -2.34. The summed E-state index contributed by atoms with van der Waals surface area (Å²) in [4.78, 5) is 11.8. The van der Waals surface area contributed by atoms with E-state index in [0.717, 1.165) is 41.0 Å². The van der Waals surface area contributed by atoms with Crippen molar-refractivity contribution in [3.05, 3.63) is 58.7 Å². The van der Waals surface area contributed by atoms with Gasteiger partial charge in [-0.25, -0.2) is 17.9 Å². The standard InChI is InChI=1S/C17H17F3N2O3S/c1-10-8-15(9-11(2)12(10)3)26(24,25)22-16(23)21-14-6-4-13(5-7-14)17(18,19)20/h4-9H,1-3H3,(H2,21,22,23). The lowest BCUT2D eigenvalue weighted by Gasteiger charge is -2.12. The van der Waals surface area contributed by atoms with E-state index in [2.05, 4.69) is 5.32 Å². The summed E-state index contributed by atoms with van der Waals surface area (Å²) in [5.74, 6) is 0. The molecule has 2 amide bonds. The van der Waals surface area contributed by atoms with Crippen LogP contribution in [0.2, 0.25) is 0 Å². The van der Waals surface area contributed by atoms with Gasteiger partial charge >= 0.3 is 12.2 Å². The molecule has 140 valence electrons. The molecule has 0 radical (unpaired) electrons. The molecule has 2 aromatic rings. The minimum atomic E-state index is -4.49. The Morgan fingerprint density at radius 1 is 0.962 bits per heavy atom. The summed E-state index contributed by atoms with van der Waals surface area (Å²) >= 11 is 0. The Kier molecular flexibility index (Phi) is 5.31. The van der Waals surface area contributed by atoms with Gasteiger partial charge in [-0.1, -0.05) is 0 Å². The van der Waals surface area contributed by atoms with Crippen LogP contribution in [0.5, 0.6) is 0 Å². The van der Waals surface area contributed by atoms with Gasteiger partial charge in [-0.3, -0.25) is 0 Å². The van der Waals surface area contributed by atoms with Crippen molar-refractivity contribution in [1.29, 1.82) is 0 Å². The first kappa shape index (κ1) is 19.8. The molecule has 0 aromatic heterocycles. The third-order valence-electron chi connectivity index (χ3n) is 3.91. The number of rotatable bonds is 3. The molecule has 0 saturated carbocycles. The number of carbonyl (C=O) groups excluding carboxylic acids is 1. The number of aryl methyl sites for hydroxylation is 2. The van der Waals surface area contributed by atoms with Gasteiger partial charge in [0.15, 0.2) is 0 Å². The Bertz CT molecular complexity index is 914. The van der Waals surface area contributed by atoms with Gasteiger partial charge in [-0.2, -0.15) is 13.2 Å². The highest BCUT2D eigenvalue weighted by Gasteiger charge is 2.30. The van der Waals surface area contributed by atoms with E-state index >= 15 is 0 Å². The number of carbonyl (C=O) groups is 1. The van der Waals surface area contributed by atoms with Crippen LogP contribution in [0.15, 0.2) is 41.3 Å². The third kappa shape index (κ3) is 4.54. The van der Waals surface area contributed by atoms with Crippen molar-refractivity contribution in [2.24, 2.45) is 0 Å². The first-order valence-corrected chi connectivity index (χ1v) is 8.97. The zero-order valence-electron chi connectivity index (χ0n) is 14.2. The van der Waals surface area contributed by atoms with E-state index in [-0.39, 0.29) is 10.6 Å². The molecule has 9 heteroatoms. The molecule has 0 bridgehead atoms. The fourth-order valence-electron chi connectivity index (χ4n) is 2.23. The molecular weight excluding hydrogens is 369 g/mol. The topological polar surface area (TPSA) is 75.3 Å². The molecule has 2 aromatic carbocycles. The largest absolute Gasteiger partial charge is 0.416 e. The second kappa shape index (κ2) is 6.99. The number of benzene rings is 2. The lowest BCUT2D eigenvalue weighted by atomic mass is 10.1. The maximum absolute atomic E-state index is 12.5. The number of halogens is 3. The van der Waals surface area contributed by atoms with Crippen molar-refractivity contribution in [3.63, 3.8) is 0 Å². The SMILES string of the molecule is Cc1cc(S(=O)(=O)NC(=O)Nc2ccc(C(F)(F)F)cc2)cc(C)c1C. The normalized spacial score (nSPS) is 11.9. The monoisotopic (exact) mass is 386 g/mol. The summed E-state index contributed by atoms with van der Waals surface area (Å²) in [5, 5.41) is 2.19. The minimum absolute atomic E-state index is 0.0296. The van der Waals surface area contributed by atoms with Crippen molar-refractivity contribution in [1.82, 2.24) is 4.72 Å². The van der Waals surface area contributed by atoms with E-state index in [4.69, 9.17) is 0 Å². The molecule has 0 aliphatic carbocycles. The molecule has 26 heavy (non-hydrogen) atoms. The van der Waals surface area contributed by atoms with E-state index in [1.165, 1.54) is 12.1 Å². The van der Waals surface area contributed by atoms with Crippen LogP contribution in [-0.4, -0.2) is 14.4 Å². The molecule has 0 heterocycles. The Labute approximate surface area is 149 Å². The highest BCUT2D eigenvalue weighted by atomic mass is 32.2. The van der Waals surface area contributed by atoms with Crippen LogP contribution in [0.3, 0.4) is 0 Å². The number of amides is 2. The zero-order chi connectivity index (χ0) is 19.7. The maximum atomic E-state index is 12.5. The number of alkyl halides is 3. The lowest BCUT2D eigenvalue weighted by molar-refractivity contribution is -0.137. The number of hydrogen-bond donors (Lipinski definition) is 2. The molecular formula is C17H17F3N2O3S. The summed E-state index contributed by atoms with van der Waals surface area (Å²) in [7, 11) is -4.11. The zero-order valence-corrected chi connectivity index (χ0v) is 15.0. The predicted octanol–water partition coefficient (Wildman–Crippen LogP) is 4.14. The maximum Gasteiger partial charge on any atom is 0.416 e. The van der Waals surface area contributed by atoms with Crippen LogP contribution in [0.1, 0.15) is 22.3 Å². The van der Waals surface area contributed by atoms with Crippen LogP contribution < -0.4 is 10.0 Å². The minimum Gasteiger partial charge on any atom is -0.307 e. The Morgan fingerprint density at radius 3 is 1.92 bits per heavy atom. The number of anilines is 1. The van der Waals surface area contributed by atoms with Crippen LogP contribution in [0.25, 0.3) is 0 Å². The first-order chi connectivity index (χ1) is 11.9. The number of sulfonamides is 1. The van der Waals surface area contributed by atoms with Gasteiger partial charge in [-0.15, -0.1) is 0 Å². The van der Waals surface area contributed by atoms with E-state index in [9.17, 15) is 26.4 Å². The molecule has 0 saturated heterocycles. The second-order valence-corrected chi connectivity index (χ2v) is 7.50. The summed E-state index contributed by atoms with van der Waals surface area (Å²) < 4.78 is 64.0. The number of hydrogen-bond acceptors (Lipinski definition) is 3. The van der Waals surface area contributed by atoms with Crippen molar-refractivity contribution >= 4 is 21.7 Å². The van der Waals surface area contributed by atoms with Crippen LogP contribution in [0.4, 0.5) is 23.7 Å². The van der Waals surface area contributed by atoms with E-state index in [1.54, 1.807) is 13.8 Å². The van der Waals surface area contributed by atoms with Gasteiger partial charge in [0.25, 0.3) is 10.0 Å². The molecule has 5 nitrogen and oxygen atoms in total.